The van der Waals surface area contributed by atoms with E-state index in [0.29, 0.717) is 5.69 Å². The third kappa shape index (κ3) is 4.77. The SMILES string of the molecule is CCOC(=O)c1cccc(NC(=O)CN(C)S(=O)(=O)c2ccc3c(c2)c(=O)n(C)c(=O)n3C)c1. The van der Waals surface area contributed by atoms with Gasteiger partial charge in [0.25, 0.3) is 5.56 Å². The number of carbonyl (C=O) groups excluding carboxylic acids is 2. The highest BCUT2D eigenvalue weighted by Crippen LogP contribution is 2.19. The summed E-state index contributed by atoms with van der Waals surface area (Å²) in [6.45, 7) is 1.36. The van der Waals surface area contributed by atoms with Gasteiger partial charge in [-0.15, -0.1) is 0 Å². The Labute approximate surface area is 195 Å². The lowest BCUT2D eigenvalue weighted by Crippen LogP contribution is -2.37. The van der Waals surface area contributed by atoms with Gasteiger partial charge in [-0.25, -0.2) is 18.0 Å². The summed E-state index contributed by atoms with van der Waals surface area (Å²) in [5, 5.41) is 2.60. The highest BCUT2D eigenvalue weighted by atomic mass is 32.2. The van der Waals surface area contributed by atoms with Crippen molar-refractivity contribution in [1.82, 2.24) is 13.4 Å². The Kier molecular flexibility index (Phi) is 7.03. The lowest BCUT2D eigenvalue weighted by molar-refractivity contribution is -0.116. The van der Waals surface area contributed by atoms with Crippen LogP contribution in [0.4, 0.5) is 5.69 Å². The van der Waals surface area contributed by atoms with Gasteiger partial charge >= 0.3 is 11.7 Å². The molecule has 0 saturated carbocycles. The Morgan fingerprint density at radius 2 is 1.76 bits per heavy atom. The third-order valence-electron chi connectivity index (χ3n) is 5.17. The molecule has 0 unspecified atom stereocenters. The van der Waals surface area contributed by atoms with Crippen molar-refractivity contribution in [2.45, 2.75) is 11.8 Å². The Morgan fingerprint density at radius 1 is 1.06 bits per heavy atom. The highest BCUT2D eigenvalue weighted by molar-refractivity contribution is 7.89. The number of amides is 1. The fourth-order valence-electron chi connectivity index (χ4n) is 3.34. The van der Waals surface area contributed by atoms with Gasteiger partial charge in [-0.05, 0) is 43.3 Å². The first-order valence-corrected chi connectivity index (χ1v) is 11.6. The van der Waals surface area contributed by atoms with Crippen LogP contribution in [0.15, 0.2) is 56.9 Å². The molecule has 34 heavy (non-hydrogen) atoms. The molecule has 0 aliphatic rings. The standard InChI is InChI=1S/C22H24N4O7S/c1-5-33-21(29)14-7-6-8-15(11-14)23-19(27)13-24(2)34(31,32)16-9-10-18-17(12-16)20(28)26(4)22(30)25(18)3/h6-12H,5,13H2,1-4H3,(H,23,27). The van der Waals surface area contributed by atoms with E-state index < -0.39 is 39.7 Å². The van der Waals surface area contributed by atoms with E-state index in [2.05, 4.69) is 5.32 Å². The van der Waals surface area contributed by atoms with Crippen molar-refractivity contribution in [3.63, 3.8) is 0 Å². The van der Waals surface area contributed by atoms with Gasteiger partial charge < -0.3 is 10.1 Å². The molecule has 12 heteroatoms. The van der Waals surface area contributed by atoms with Crippen LogP contribution in [0.5, 0.6) is 0 Å². The first-order valence-electron chi connectivity index (χ1n) is 10.2. The van der Waals surface area contributed by atoms with E-state index in [1.807, 2.05) is 0 Å². The van der Waals surface area contributed by atoms with Crippen molar-refractivity contribution >= 4 is 38.5 Å². The summed E-state index contributed by atoms with van der Waals surface area (Å²) in [4.78, 5) is 48.7. The monoisotopic (exact) mass is 488 g/mol. The maximum Gasteiger partial charge on any atom is 0.338 e. The van der Waals surface area contributed by atoms with Crippen molar-refractivity contribution in [2.75, 3.05) is 25.5 Å². The molecule has 1 N–H and O–H groups in total. The van der Waals surface area contributed by atoms with Crippen LogP contribution in [0.25, 0.3) is 10.9 Å². The number of sulfonamides is 1. The molecular formula is C22H24N4O7S. The Hall–Kier alpha value is -3.77. The number of hydrogen-bond donors (Lipinski definition) is 1. The summed E-state index contributed by atoms with van der Waals surface area (Å²) in [6, 6.07) is 9.90. The van der Waals surface area contributed by atoms with Gasteiger partial charge in [0.2, 0.25) is 15.9 Å². The molecule has 3 rings (SSSR count). The number of esters is 1. The molecule has 1 amide bonds. The van der Waals surface area contributed by atoms with E-state index in [-0.39, 0.29) is 28.0 Å². The Balaban J connectivity index is 1.83. The van der Waals surface area contributed by atoms with Gasteiger partial charge in [0, 0.05) is 26.8 Å². The summed E-state index contributed by atoms with van der Waals surface area (Å²) < 4.78 is 34.0. The number of benzene rings is 2. The molecule has 1 heterocycles. The number of carbonyl (C=O) groups is 2. The van der Waals surface area contributed by atoms with Crippen molar-refractivity contribution in [3.05, 3.63) is 68.9 Å². The van der Waals surface area contributed by atoms with Crippen molar-refractivity contribution < 1.29 is 22.7 Å². The lowest BCUT2D eigenvalue weighted by atomic mass is 10.2. The molecule has 0 aliphatic heterocycles. The van der Waals surface area contributed by atoms with Crippen molar-refractivity contribution in [3.8, 4) is 0 Å². The van der Waals surface area contributed by atoms with Crippen molar-refractivity contribution in [2.24, 2.45) is 14.1 Å². The molecular weight excluding hydrogens is 464 g/mol. The summed E-state index contributed by atoms with van der Waals surface area (Å²) in [5.74, 6) is -1.18. The van der Waals surface area contributed by atoms with Crippen LogP contribution in [0.2, 0.25) is 0 Å². The van der Waals surface area contributed by atoms with Gasteiger partial charge in [0.05, 0.1) is 34.5 Å². The normalized spacial score (nSPS) is 11.6. The maximum atomic E-state index is 13.0. The molecule has 0 atom stereocenters. The maximum absolute atomic E-state index is 13.0. The molecule has 3 aromatic rings. The molecule has 0 aliphatic carbocycles. The summed E-state index contributed by atoms with van der Waals surface area (Å²) >= 11 is 0. The number of anilines is 1. The third-order valence-corrected chi connectivity index (χ3v) is 6.97. The van der Waals surface area contributed by atoms with E-state index in [9.17, 15) is 27.6 Å². The predicted molar refractivity (Wildman–Crippen MR) is 125 cm³/mol. The van der Waals surface area contributed by atoms with Gasteiger partial charge in [-0.3, -0.25) is 18.7 Å². The number of hydrogen-bond acceptors (Lipinski definition) is 7. The number of nitrogens with zero attached hydrogens (tertiary/aromatic N) is 3. The van der Waals surface area contributed by atoms with Gasteiger partial charge in [-0.1, -0.05) is 6.07 Å². The summed E-state index contributed by atoms with van der Waals surface area (Å²) in [6.07, 6.45) is 0. The summed E-state index contributed by atoms with van der Waals surface area (Å²) in [7, 11) is -0.125. The van der Waals surface area contributed by atoms with Gasteiger partial charge in [0.1, 0.15) is 0 Å². The molecule has 0 saturated heterocycles. The molecule has 0 bridgehead atoms. The lowest BCUT2D eigenvalue weighted by Gasteiger charge is -2.18. The van der Waals surface area contributed by atoms with Gasteiger partial charge in [0.15, 0.2) is 0 Å². The quantitative estimate of drug-likeness (QED) is 0.483. The molecule has 0 fully saturated rings. The number of rotatable bonds is 7. The first-order chi connectivity index (χ1) is 16.0. The second-order valence-corrected chi connectivity index (χ2v) is 9.54. The molecule has 11 nitrogen and oxygen atoms in total. The zero-order valence-electron chi connectivity index (χ0n) is 19.1. The van der Waals surface area contributed by atoms with Crippen LogP contribution < -0.4 is 16.6 Å². The number of fused-ring (bicyclic) bond motifs is 1. The van der Waals surface area contributed by atoms with Crippen LogP contribution in [-0.2, 0) is 33.7 Å². The van der Waals surface area contributed by atoms with E-state index in [0.717, 1.165) is 8.87 Å². The molecule has 1 aromatic heterocycles. The largest absolute Gasteiger partial charge is 0.462 e. The Morgan fingerprint density at radius 3 is 2.44 bits per heavy atom. The van der Waals surface area contributed by atoms with E-state index >= 15 is 0 Å². The minimum Gasteiger partial charge on any atom is -0.462 e. The number of likely N-dealkylation sites (N-methyl/N-ethyl adjacent to an activating group) is 1. The number of aromatic nitrogens is 2. The van der Waals surface area contributed by atoms with Crippen LogP contribution in [0, 0.1) is 0 Å². The van der Waals surface area contributed by atoms with Gasteiger partial charge in [-0.2, -0.15) is 4.31 Å². The van der Waals surface area contributed by atoms with E-state index in [1.165, 1.54) is 56.0 Å². The van der Waals surface area contributed by atoms with Crippen LogP contribution in [0.1, 0.15) is 17.3 Å². The van der Waals surface area contributed by atoms with Crippen LogP contribution >= 0.6 is 0 Å². The second-order valence-electron chi connectivity index (χ2n) is 7.50. The fourth-order valence-corrected chi connectivity index (χ4v) is 4.49. The zero-order valence-corrected chi connectivity index (χ0v) is 19.9. The van der Waals surface area contributed by atoms with Crippen molar-refractivity contribution in [1.29, 1.82) is 0 Å². The zero-order chi connectivity index (χ0) is 25.2. The average Bonchev–Trinajstić information content (AvgIpc) is 2.81. The number of ether oxygens (including phenoxy) is 1. The molecule has 180 valence electrons. The predicted octanol–water partition coefficient (Wildman–Crippen LogP) is 0.673. The van der Waals surface area contributed by atoms with Crippen LogP contribution in [-0.4, -0.2) is 53.9 Å². The average molecular weight is 489 g/mol. The molecule has 0 spiro atoms. The number of aryl methyl sites for hydroxylation is 1. The first kappa shape index (κ1) is 24.9. The summed E-state index contributed by atoms with van der Waals surface area (Å²) in [5.41, 5.74) is -0.330. The highest BCUT2D eigenvalue weighted by Gasteiger charge is 2.24. The molecule has 2 aromatic carbocycles. The second kappa shape index (κ2) is 9.61. The number of nitrogens with one attached hydrogen (secondary N) is 1. The fraction of sp³-hybridized carbons (Fsp3) is 0.273. The Bertz CT molecular complexity index is 1510. The smallest absolute Gasteiger partial charge is 0.338 e. The minimum absolute atomic E-state index is 0.0549. The van der Waals surface area contributed by atoms with E-state index in [1.54, 1.807) is 19.1 Å². The van der Waals surface area contributed by atoms with E-state index in [4.69, 9.17) is 4.74 Å². The minimum atomic E-state index is -4.14. The topological polar surface area (TPSA) is 137 Å². The molecule has 0 radical (unpaired) electrons. The van der Waals surface area contributed by atoms with Crippen LogP contribution in [0.3, 0.4) is 0 Å².